The summed E-state index contributed by atoms with van der Waals surface area (Å²) >= 11 is 4.10. The van der Waals surface area contributed by atoms with Crippen molar-refractivity contribution in [2.24, 2.45) is 5.73 Å². The second-order valence-corrected chi connectivity index (χ2v) is 5.06. The van der Waals surface area contributed by atoms with Gasteiger partial charge in [0.2, 0.25) is 17.7 Å². The molecular formula is C13H26N4O3S. The van der Waals surface area contributed by atoms with Gasteiger partial charge in [-0.25, -0.2) is 0 Å². The van der Waals surface area contributed by atoms with Gasteiger partial charge in [0, 0.05) is 26.6 Å². The fourth-order valence-corrected chi connectivity index (χ4v) is 1.88. The quantitative estimate of drug-likeness (QED) is 0.253. The van der Waals surface area contributed by atoms with E-state index >= 15 is 0 Å². The molecule has 0 saturated carbocycles. The maximum absolute atomic E-state index is 11.9. The van der Waals surface area contributed by atoms with E-state index in [1.54, 1.807) is 0 Å². The van der Waals surface area contributed by atoms with Gasteiger partial charge < -0.3 is 21.7 Å². The average Bonchev–Trinajstić information content (AvgIpc) is 2.48. The highest BCUT2D eigenvalue weighted by atomic mass is 32.1. The van der Waals surface area contributed by atoms with Crippen molar-refractivity contribution in [2.45, 2.75) is 38.1 Å². The lowest BCUT2D eigenvalue weighted by Crippen LogP contribution is -2.49. The van der Waals surface area contributed by atoms with Crippen LogP contribution >= 0.6 is 12.6 Å². The Balaban J connectivity index is 4.33. The molecule has 0 radical (unpaired) electrons. The number of nitrogens with one attached hydrogen (secondary N) is 3. The Hall–Kier alpha value is -1.28. The number of hydrogen-bond donors (Lipinski definition) is 5. The first-order chi connectivity index (χ1) is 10.0. The minimum atomic E-state index is -0.867. The summed E-state index contributed by atoms with van der Waals surface area (Å²) in [6.07, 6.45) is 2.85. The van der Waals surface area contributed by atoms with E-state index in [4.69, 9.17) is 5.73 Å². The summed E-state index contributed by atoms with van der Waals surface area (Å²) in [5.41, 5.74) is 5.31. The summed E-state index contributed by atoms with van der Waals surface area (Å²) in [6, 6.07) is -0.867. The number of thiol groups is 1. The Bertz CT molecular complexity index is 339. The fraction of sp³-hybridized carbons (Fsp3) is 0.769. The van der Waals surface area contributed by atoms with Gasteiger partial charge in [-0.3, -0.25) is 14.4 Å². The van der Waals surface area contributed by atoms with Crippen molar-refractivity contribution >= 4 is 30.4 Å². The molecule has 0 aliphatic carbocycles. The SMILES string of the molecule is CNC(=O)C[C@H](NC(=O)CCCCCS)C(=O)NCCN. The molecule has 7 nitrogen and oxygen atoms in total. The van der Waals surface area contributed by atoms with Gasteiger partial charge >= 0.3 is 0 Å². The van der Waals surface area contributed by atoms with E-state index in [0.29, 0.717) is 19.5 Å². The third-order valence-corrected chi connectivity index (χ3v) is 3.14. The van der Waals surface area contributed by atoms with Crippen LogP contribution in [0.3, 0.4) is 0 Å². The third-order valence-electron chi connectivity index (χ3n) is 2.83. The zero-order valence-corrected chi connectivity index (χ0v) is 13.4. The van der Waals surface area contributed by atoms with Gasteiger partial charge in [0.1, 0.15) is 6.04 Å². The standard InChI is InChI=1S/C13H26N4O3S/c1-15-12(19)9-10(13(20)16-7-6-14)17-11(18)5-3-2-4-8-21/h10,21H,2-9,14H2,1H3,(H,15,19)(H,16,20)(H,17,18)/t10-/m0/s1. The van der Waals surface area contributed by atoms with Gasteiger partial charge in [-0.2, -0.15) is 12.6 Å². The number of rotatable bonds is 11. The lowest BCUT2D eigenvalue weighted by atomic mass is 10.1. The van der Waals surface area contributed by atoms with Crippen LogP contribution in [0.25, 0.3) is 0 Å². The molecule has 0 aromatic heterocycles. The van der Waals surface area contributed by atoms with E-state index in [-0.39, 0.29) is 18.2 Å². The minimum absolute atomic E-state index is 0.0880. The van der Waals surface area contributed by atoms with Crippen molar-refractivity contribution in [1.82, 2.24) is 16.0 Å². The van der Waals surface area contributed by atoms with Crippen molar-refractivity contribution in [1.29, 1.82) is 0 Å². The van der Waals surface area contributed by atoms with Gasteiger partial charge in [-0.05, 0) is 18.6 Å². The molecule has 0 aromatic rings. The first-order valence-corrected chi connectivity index (χ1v) is 7.77. The Kier molecular flexibility index (Phi) is 11.7. The lowest BCUT2D eigenvalue weighted by Gasteiger charge is -2.17. The van der Waals surface area contributed by atoms with Gasteiger partial charge in [-0.1, -0.05) is 6.42 Å². The molecule has 5 N–H and O–H groups in total. The van der Waals surface area contributed by atoms with E-state index in [0.717, 1.165) is 25.0 Å². The molecule has 0 fully saturated rings. The molecule has 0 spiro atoms. The second kappa shape index (κ2) is 12.5. The van der Waals surface area contributed by atoms with E-state index < -0.39 is 11.9 Å². The first-order valence-electron chi connectivity index (χ1n) is 7.13. The molecule has 0 aliphatic rings. The minimum Gasteiger partial charge on any atom is -0.359 e. The largest absolute Gasteiger partial charge is 0.359 e. The lowest BCUT2D eigenvalue weighted by molar-refractivity contribution is -0.131. The molecule has 0 bridgehead atoms. The van der Waals surface area contributed by atoms with E-state index in [9.17, 15) is 14.4 Å². The molecule has 0 aliphatic heterocycles. The number of carbonyl (C=O) groups is 3. The maximum Gasteiger partial charge on any atom is 0.243 e. The molecule has 0 aromatic carbocycles. The van der Waals surface area contributed by atoms with Crippen LogP contribution in [0.5, 0.6) is 0 Å². The van der Waals surface area contributed by atoms with Crippen molar-refractivity contribution in [3.8, 4) is 0 Å². The number of nitrogens with two attached hydrogens (primary N) is 1. The Morgan fingerprint density at radius 2 is 1.86 bits per heavy atom. The fourth-order valence-electron chi connectivity index (χ4n) is 1.66. The normalized spacial score (nSPS) is 11.6. The van der Waals surface area contributed by atoms with Crippen LogP contribution in [-0.2, 0) is 14.4 Å². The molecule has 21 heavy (non-hydrogen) atoms. The number of hydrogen-bond acceptors (Lipinski definition) is 5. The zero-order valence-electron chi connectivity index (χ0n) is 12.5. The van der Waals surface area contributed by atoms with Crippen LogP contribution in [0.4, 0.5) is 0 Å². The zero-order chi connectivity index (χ0) is 16.1. The number of carbonyl (C=O) groups excluding carboxylic acids is 3. The van der Waals surface area contributed by atoms with Crippen LogP contribution in [0.1, 0.15) is 32.1 Å². The predicted molar refractivity (Wildman–Crippen MR) is 85.0 cm³/mol. The summed E-state index contributed by atoms with van der Waals surface area (Å²) in [7, 11) is 1.48. The second-order valence-electron chi connectivity index (χ2n) is 4.61. The van der Waals surface area contributed by atoms with E-state index in [1.807, 2.05) is 0 Å². The Labute approximate surface area is 131 Å². The van der Waals surface area contributed by atoms with Gasteiger partial charge in [0.05, 0.1) is 6.42 Å². The first kappa shape index (κ1) is 19.7. The van der Waals surface area contributed by atoms with Crippen molar-refractivity contribution in [3.05, 3.63) is 0 Å². The highest BCUT2D eigenvalue weighted by molar-refractivity contribution is 7.80. The molecule has 8 heteroatoms. The van der Waals surface area contributed by atoms with Gasteiger partial charge in [0.15, 0.2) is 0 Å². The third kappa shape index (κ3) is 10.1. The van der Waals surface area contributed by atoms with Gasteiger partial charge in [-0.15, -0.1) is 0 Å². The van der Waals surface area contributed by atoms with Crippen LogP contribution in [0, 0.1) is 0 Å². The highest BCUT2D eigenvalue weighted by Gasteiger charge is 2.22. The summed E-state index contributed by atoms with van der Waals surface area (Å²) < 4.78 is 0. The predicted octanol–water partition coefficient (Wildman–Crippen LogP) is -0.828. The van der Waals surface area contributed by atoms with Crippen LogP contribution in [0.2, 0.25) is 0 Å². The summed E-state index contributed by atoms with van der Waals surface area (Å²) in [5, 5.41) is 7.61. The van der Waals surface area contributed by atoms with Crippen molar-refractivity contribution < 1.29 is 14.4 Å². The summed E-state index contributed by atoms with van der Waals surface area (Å²) in [6.45, 7) is 0.608. The molecule has 1 atom stereocenters. The number of unbranched alkanes of at least 4 members (excludes halogenated alkanes) is 2. The van der Waals surface area contributed by atoms with Crippen LogP contribution < -0.4 is 21.7 Å². The molecule has 0 rings (SSSR count). The number of amides is 3. The van der Waals surface area contributed by atoms with E-state index in [2.05, 4.69) is 28.6 Å². The Morgan fingerprint density at radius 1 is 1.14 bits per heavy atom. The van der Waals surface area contributed by atoms with Gasteiger partial charge in [0.25, 0.3) is 0 Å². The average molecular weight is 318 g/mol. The van der Waals surface area contributed by atoms with E-state index in [1.165, 1.54) is 7.05 Å². The monoisotopic (exact) mass is 318 g/mol. The van der Waals surface area contributed by atoms with Crippen molar-refractivity contribution in [2.75, 3.05) is 25.9 Å². The molecule has 122 valence electrons. The topological polar surface area (TPSA) is 113 Å². The molecule has 0 heterocycles. The molecule has 3 amide bonds. The highest BCUT2D eigenvalue weighted by Crippen LogP contribution is 2.02. The van der Waals surface area contributed by atoms with Crippen molar-refractivity contribution in [3.63, 3.8) is 0 Å². The molecule has 0 saturated heterocycles. The Morgan fingerprint density at radius 3 is 2.43 bits per heavy atom. The van der Waals surface area contributed by atoms with Crippen LogP contribution in [0.15, 0.2) is 0 Å². The molecular weight excluding hydrogens is 292 g/mol. The van der Waals surface area contributed by atoms with Crippen LogP contribution in [-0.4, -0.2) is 49.7 Å². The summed E-state index contributed by atoms with van der Waals surface area (Å²) in [5.74, 6) is -0.139. The summed E-state index contributed by atoms with van der Waals surface area (Å²) in [4.78, 5) is 35.1. The maximum atomic E-state index is 11.9. The smallest absolute Gasteiger partial charge is 0.243 e. The molecule has 0 unspecified atom stereocenters.